The molecule has 7 nitrogen and oxygen atoms in total. The van der Waals surface area contributed by atoms with Gasteiger partial charge in [-0.25, -0.2) is 0 Å². The first-order chi connectivity index (χ1) is 16.6. The first-order valence-electron chi connectivity index (χ1n) is 11.4. The fourth-order valence-electron chi connectivity index (χ4n) is 4.28. The van der Waals surface area contributed by atoms with E-state index in [1.165, 1.54) is 0 Å². The lowest BCUT2D eigenvalue weighted by molar-refractivity contribution is 0.0471. The number of rotatable bonds is 7. The van der Waals surface area contributed by atoms with Gasteiger partial charge in [0, 0.05) is 24.1 Å². The number of carbonyl (C=O) groups is 2. The highest BCUT2D eigenvalue weighted by Crippen LogP contribution is 2.33. The fraction of sp³-hybridized carbons (Fsp3) is 0.259. The van der Waals surface area contributed by atoms with Gasteiger partial charge in [-0.3, -0.25) is 9.59 Å². The Balaban J connectivity index is 1.50. The molecule has 0 radical (unpaired) electrons. The average Bonchev–Trinajstić information content (AvgIpc) is 3.60. The molecule has 0 unspecified atom stereocenters. The second kappa shape index (κ2) is 9.57. The van der Waals surface area contributed by atoms with Crippen LogP contribution < -0.4 is 5.32 Å². The molecular formula is C27H26N2O5. The van der Waals surface area contributed by atoms with E-state index in [4.69, 9.17) is 13.6 Å². The number of fused-ring (bicyclic) bond motifs is 1. The van der Waals surface area contributed by atoms with Crippen LogP contribution in [0.4, 0.5) is 5.69 Å². The van der Waals surface area contributed by atoms with E-state index in [0.29, 0.717) is 41.1 Å². The van der Waals surface area contributed by atoms with Crippen molar-refractivity contribution in [2.24, 2.45) is 0 Å². The Morgan fingerprint density at radius 1 is 1.09 bits per heavy atom. The lowest BCUT2D eigenvalue weighted by atomic mass is 10.1. The number of carbonyl (C=O) groups excluding carboxylic acids is 2. The number of anilines is 1. The zero-order valence-electron chi connectivity index (χ0n) is 19.0. The first-order valence-corrected chi connectivity index (χ1v) is 11.4. The molecule has 2 aromatic heterocycles. The lowest BCUT2D eigenvalue weighted by Crippen LogP contribution is -2.37. The van der Waals surface area contributed by atoms with Gasteiger partial charge in [-0.1, -0.05) is 29.8 Å². The summed E-state index contributed by atoms with van der Waals surface area (Å²) in [4.78, 5) is 28.5. The van der Waals surface area contributed by atoms with Gasteiger partial charge in [0.2, 0.25) is 5.76 Å². The predicted molar refractivity (Wildman–Crippen MR) is 128 cm³/mol. The van der Waals surface area contributed by atoms with E-state index >= 15 is 0 Å². The molecule has 3 heterocycles. The molecule has 0 spiro atoms. The summed E-state index contributed by atoms with van der Waals surface area (Å²) in [6.45, 7) is 3.29. The van der Waals surface area contributed by atoms with Crippen LogP contribution in [0.5, 0.6) is 0 Å². The average molecular weight is 459 g/mol. The van der Waals surface area contributed by atoms with E-state index in [9.17, 15) is 9.59 Å². The van der Waals surface area contributed by atoms with Crippen LogP contribution in [0.15, 0.2) is 75.8 Å². The summed E-state index contributed by atoms with van der Waals surface area (Å²) in [7, 11) is 0. The SMILES string of the molecule is Cc1cccc(C(=O)Nc2c(C(=O)N(Cc3ccco3)C[C@@H]3CCCO3)oc3ccccc23)c1. The van der Waals surface area contributed by atoms with Gasteiger partial charge in [0.05, 0.1) is 18.9 Å². The van der Waals surface area contributed by atoms with Crippen LogP contribution in [0.2, 0.25) is 0 Å². The standard InChI is InChI=1S/C27H26N2O5/c1-18-7-4-8-19(15-18)26(30)28-24-22-11-2-3-12-23(22)34-25(24)27(31)29(16-20-9-5-13-32-20)17-21-10-6-14-33-21/h2-5,7-9,11-13,15,21H,6,10,14,16-17H2,1H3,(H,28,30)/t21-/m0/s1. The minimum atomic E-state index is -0.331. The third-order valence-corrected chi connectivity index (χ3v) is 5.97. The second-order valence-corrected chi connectivity index (χ2v) is 8.53. The van der Waals surface area contributed by atoms with Crippen molar-refractivity contribution in [1.29, 1.82) is 0 Å². The van der Waals surface area contributed by atoms with Crippen LogP contribution in [-0.2, 0) is 11.3 Å². The zero-order valence-corrected chi connectivity index (χ0v) is 19.0. The van der Waals surface area contributed by atoms with Gasteiger partial charge in [0.15, 0.2) is 0 Å². The molecule has 5 rings (SSSR count). The third-order valence-electron chi connectivity index (χ3n) is 5.97. The highest BCUT2D eigenvalue weighted by molar-refractivity contribution is 6.14. The number of para-hydroxylation sites is 1. The molecule has 0 bridgehead atoms. The molecule has 0 aliphatic carbocycles. The topological polar surface area (TPSA) is 84.9 Å². The Hall–Kier alpha value is -3.84. The summed E-state index contributed by atoms with van der Waals surface area (Å²) in [5.41, 5.74) is 2.38. The van der Waals surface area contributed by atoms with Crippen molar-refractivity contribution in [2.45, 2.75) is 32.4 Å². The number of ether oxygens (including phenoxy) is 1. The minimum Gasteiger partial charge on any atom is -0.467 e. The van der Waals surface area contributed by atoms with Crippen molar-refractivity contribution in [1.82, 2.24) is 4.90 Å². The van der Waals surface area contributed by atoms with Crippen LogP contribution in [-0.4, -0.2) is 36.0 Å². The van der Waals surface area contributed by atoms with Crippen molar-refractivity contribution in [2.75, 3.05) is 18.5 Å². The van der Waals surface area contributed by atoms with Crippen molar-refractivity contribution in [3.8, 4) is 0 Å². The van der Waals surface area contributed by atoms with Gasteiger partial charge in [0.25, 0.3) is 11.8 Å². The number of hydrogen-bond acceptors (Lipinski definition) is 5. The maximum absolute atomic E-state index is 13.8. The van der Waals surface area contributed by atoms with Gasteiger partial charge < -0.3 is 23.8 Å². The lowest BCUT2D eigenvalue weighted by Gasteiger charge is -2.24. The highest BCUT2D eigenvalue weighted by atomic mass is 16.5. The molecule has 1 N–H and O–H groups in total. The predicted octanol–water partition coefficient (Wildman–Crippen LogP) is 5.41. The molecule has 1 aliphatic rings. The van der Waals surface area contributed by atoms with Gasteiger partial charge in [-0.2, -0.15) is 0 Å². The molecule has 1 fully saturated rings. The third kappa shape index (κ3) is 4.61. The summed E-state index contributed by atoms with van der Waals surface area (Å²) in [5.74, 6) is 0.114. The number of aryl methyl sites for hydroxylation is 1. The number of benzene rings is 2. The van der Waals surface area contributed by atoms with Crippen molar-refractivity contribution < 1.29 is 23.2 Å². The van der Waals surface area contributed by atoms with E-state index in [-0.39, 0.29) is 30.2 Å². The number of nitrogens with one attached hydrogen (secondary N) is 1. The summed E-state index contributed by atoms with van der Waals surface area (Å²) >= 11 is 0. The maximum atomic E-state index is 13.8. The van der Waals surface area contributed by atoms with Gasteiger partial charge in [0.1, 0.15) is 17.0 Å². The van der Waals surface area contributed by atoms with Gasteiger partial charge >= 0.3 is 0 Å². The summed E-state index contributed by atoms with van der Waals surface area (Å²) < 4.78 is 17.3. The quantitative estimate of drug-likeness (QED) is 0.400. The van der Waals surface area contributed by atoms with Crippen molar-refractivity contribution in [3.63, 3.8) is 0 Å². The molecule has 0 saturated carbocycles. The van der Waals surface area contributed by atoms with Crippen molar-refractivity contribution >= 4 is 28.5 Å². The minimum absolute atomic E-state index is 0.0476. The van der Waals surface area contributed by atoms with E-state index in [1.54, 1.807) is 35.4 Å². The van der Waals surface area contributed by atoms with Crippen molar-refractivity contribution in [3.05, 3.63) is 89.6 Å². The normalized spacial score (nSPS) is 15.5. The molecule has 4 aromatic rings. The molecule has 34 heavy (non-hydrogen) atoms. The van der Waals surface area contributed by atoms with Gasteiger partial charge in [-0.05, 0) is 56.2 Å². The van der Waals surface area contributed by atoms with E-state index in [2.05, 4.69) is 5.32 Å². The van der Waals surface area contributed by atoms with Crippen LogP contribution >= 0.6 is 0 Å². The van der Waals surface area contributed by atoms with Crippen LogP contribution in [0, 0.1) is 6.92 Å². The summed E-state index contributed by atoms with van der Waals surface area (Å²) in [5, 5.41) is 3.60. The van der Waals surface area contributed by atoms with E-state index < -0.39 is 0 Å². The zero-order chi connectivity index (χ0) is 23.5. The molecule has 174 valence electrons. The number of hydrogen-bond donors (Lipinski definition) is 1. The monoisotopic (exact) mass is 458 g/mol. The molecule has 1 saturated heterocycles. The molecular weight excluding hydrogens is 432 g/mol. The van der Waals surface area contributed by atoms with Gasteiger partial charge in [-0.15, -0.1) is 0 Å². The molecule has 2 aromatic carbocycles. The summed E-state index contributed by atoms with van der Waals surface area (Å²) in [6, 6.07) is 18.2. The molecule has 7 heteroatoms. The Morgan fingerprint density at radius 2 is 1.97 bits per heavy atom. The molecule has 1 aliphatic heterocycles. The Bertz CT molecular complexity index is 1300. The number of amides is 2. The Kier molecular flexibility index (Phi) is 6.18. The molecule has 2 amide bonds. The first kappa shape index (κ1) is 22.0. The van der Waals surface area contributed by atoms with E-state index in [1.807, 2.05) is 43.3 Å². The highest BCUT2D eigenvalue weighted by Gasteiger charge is 2.30. The fourth-order valence-corrected chi connectivity index (χ4v) is 4.28. The van der Waals surface area contributed by atoms with Crippen LogP contribution in [0.25, 0.3) is 11.0 Å². The number of furan rings is 2. The maximum Gasteiger partial charge on any atom is 0.292 e. The largest absolute Gasteiger partial charge is 0.467 e. The second-order valence-electron chi connectivity index (χ2n) is 8.53. The smallest absolute Gasteiger partial charge is 0.292 e. The summed E-state index contributed by atoms with van der Waals surface area (Å²) in [6.07, 6.45) is 3.39. The molecule has 1 atom stereocenters. The van der Waals surface area contributed by atoms with Crippen LogP contribution in [0.3, 0.4) is 0 Å². The Morgan fingerprint density at radius 3 is 2.74 bits per heavy atom. The van der Waals surface area contributed by atoms with E-state index in [0.717, 1.165) is 18.4 Å². The number of nitrogens with zero attached hydrogens (tertiary/aromatic N) is 1. The van der Waals surface area contributed by atoms with Crippen LogP contribution in [0.1, 0.15) is 45.1 Å². The Labute approximate surface area is 197 Å².